The number of hydrogen-bond donors (Lipinski definition) is 1. The lowest BCUT2D eigenvalue weighted by atomic mass is 10.2. The van der Waals surface area contributed by atoms with Crippen LogP contribution in [0.4, 0.5) is 0 Å². The summed E-state index contributed by atoms with van der Waals surface area (Å²) in [4.78, 5) is 4.31. The van der Waals surface area contributed by atoms with Gasteiger partial charge in [0, 0.05) is 0 Å². The second-order valence-corrected chi connectivity index (χ2v) is 6.99. The van der Waals surface area contributed by atoms with E-state index in [1.165, 1.54) is 23.9 Å². The first-order chi connectivity index (χ1) is 10.5. The van der Waals surface area contributed by atoms with Crippen LogP contribution in [0, 0.1) is 0 Å². The fourth-order valence-electron chi connectivity index (χ4n) is 2.32. The summed E-state index contributed by atoms with van der Waals surface area (Å²) in [7, 11) is -4.22. The Balaban J connectivity index is 2.13. The molecule has 1 aromatic heterocycles. The van der Waals surface area contributed by atoms with Crippen molar-refractivity contribution in [2.75, 3.05) is 6.26 Å². The summed E-state index contributed by atoms with van der Waals surface area (Å²) in [5, 5.41) is 0.798. The van der Waals surface area contributed by atoms with Gasteiger partial charge in [0.2, 0.25) is 0 Å². The lowest BCUT2D eigenvalue weighted by Crippen LogP contribution is -2.01. The molecule has 2 aromatic carbocycles. The van der Waals surface area contributed by atoms with Gasteiger partial charge in [0.1, 0.15) is 0 Å². The summed E-state index contributed by atoms with van der Waals surface area (Å²) >= 11 is 1.49. The van der Waals surface area contributed by atoms with Gasteiger partial charge in [-0.2, -0.15) is 8.42 Å². The van der Waals surface area contributed by atoms with Crippen LogP contribution in [0.25, 0.3) is 11.0 Å². The minimum Gasteiger partial charge on any atom is -0.314 e. The molecule has 0 spiro atoms. The van der Waals surface area contributed by atoms with E-state index in [4.69, 9.17) is 4.55 Å². The summed E-state index contributed by atoms with van der Waals surface area (Å²) in [6, 6.07) is 14.4. The summed E-state index contributed by atoms with van der Waals surface area (Å²) in [6.07, 6.45) is 1.92. The number of thioether (sulfide) groups is 1. The van der Waals surface area contributed by atoms with Gasteiger partial charge in [-0.1, -0.05) is 42.1 Å². The Bertz CT molecular complexity index is 919. The molecule has 5 nitrogen and oxygen atoms in total. The molecule has 0 atom stereocenters. The van der Waals surface area contributed by atoms with Crippen LogP contribution in [0.5, 0.6) is 0 Å². The van der Waals surface area contributed by atoms with Crippen LogP contribution < -0.4 is 0 Å². The Kier molecular flexibility index (Phi) is 3.94. The average molecular weight is 334 g/mol. The van der Waals surface area contributed by atoms with Crippen molar-refractivity contribution in [1.82, 2.24) is 9.55 Å². The van der Waals surface area contributed by atoms with Crippen molar-refractivity contribution in [2.45, 2.75) is 16.6 Å². The second kappa shape index (κ2) is 5.75. The molecule has 0 aliphatic carbocycles. The third-order valence-electron chi connectivity index (χ3n) is 3.35. The van der Waals surface area contributed by atoms with Crippen molar-refractivity contribution in [3.8, 4) is 0 Å². The van der Waals surface area contributed by atoms with Crippen molar-refractivity contribution in [2.24, 2.45) is 0 Å². The van der Waals surface area contributed by atoms with Crippen molar-refractivity contribution in [3.05, 3.63) is 54.1 Å². The Morgan fingerprint density at radius 2 is 1.91 bits per heavy atom. The normalized spacial score (nSPS) is 11.9. The highest BCUT2D eigenvalue weighted by Crippen LogP contribution is 2.25. The van der Waals surface area contributed by atoms with Gasteiger partial charge in [0.25, 0.3) is 10.1 Å². The van der Waals surface area contributed by atoms with E-state index in [0.29, 0.717) is 12.1 Å². The molecule has 7 heteroatoms. The maximum absolute atomic E-state index is 11.2. The first-order valence-corrected chi connectivity index (χ1v) is 9.21. The zero-order chi connectivity index (χ0) is 15.7. The molecule has 3 aromatic rings. The van der Waals surface area contributed by atoms with Crippen molar-refractivity contribution in [3.63, 3.8) is 0 Å². The van der Waals surface area contributed by atoms with Crippen molar-refractivity contribution in [1.29, 1.82) is 0 Å². The molecular weight excluding hydrogens is 320 g/mol. The Labute approximate surface area is 132 Å². The minimum absolute atomic E-state index is 0.142. The van der Waals surface area contributed by atoms with Gasteiger partial charge in [0.05, 0.1) is 22.5 Å². The number of hydrogen-bond acceptors (Lipinski definition) is 4. The van der Waals surface area contributed by atoms with Crippen LogP contribution in [0.2, 0.25) is 0 Å². The SMILES string of the molecule is CSc1nc2cc(S(=O)(=O)O)ccc2n1Cc1ccccc1. The Morgan fingerprint density at radius 1 is 1.18 bits per heavy atom. The number of imidazole rings is 1. The highest BCUT2D eigenvalue weighted by molar-refractivity contribution is 7.98. The van der Waals surface area contributed by atoms with Gasteiger partial charge >= 0.3 is 0 Å². The lowest BCUT2D eigenvalue weighted by molar-refractivity contribution is 0.483. The fourth-order valence-corrected chi connectivity index (χ4v) is 3.40. The van der Waals surface area contributed by atoms with Crippen LogP contribution in [-0.2, 0) is 16.7 Å². The topological polar surface area (TPSA) is 72.2 Å². The number of fused-ring (bicyclic) bond motifs is 1. The van der Waals surface area contributed by atoms with E-state index in [2.05, 4.69) is 4.98 Å². The van der Waals surface area contributed by atoms with Crippen LogP contribution in [-0.4, -0.2) is 28.8 Å². The number of benzene rings is 2. The van der Waals surface area contributed by atoms with Gasteiger partial charge < -0.3 is 4.57 Å². The van der Waals surface area contributed by atoms with Gasteiger partial charge in [-0.15, -0.1) is 0 Å². The molecule has 0 aliphatic heterocycles. The van der Waals surface area contributed by atoms with E-state index < -0.39 is 10.1 Å². The number of rotatable bonds is 4. The average Bonchev–Trinajstić information content (AvgIpc) is 2.84. The first kappa shape index (κ1) is 15.1. The summed E-state index contributed by atoms with van der Waals surface area (Å²) in [6.45, 7) is 0.652. The molecule has 0 amide bonds. The van der Waals surface area contributed by atoms with E-state index >= 15 is 0 Å². The first-order valence-electron chi connectivity index (χ1n) is 6.55. The van der Waals surface area contributed by atoms with Crippen LogP contribution in [0.3, 0.4) is 0 Å². The molecule has 0 saturated carbocycles. The second-order valence-electron chi connectivity index (χ2n) is 4.80. The van der Waals surface area contributed by atoms with E-state index in [1.807, 2.05) is 41.2 Å². The molecule has 3 rings (SSSR count). The minimum atomic E-state index is -4.22. The largest absolute Gasteiger partial charge is 0.314 e. The zero-order valence-corrected chi connectivity index (χ0v) is 13.4. The van der Waals surface area contributed by atoms with E-state index in [-0.39, 0.29) is 4.90 Å². The van der Waals surface area contributed by atoms with E-state index in [1.54, 1.807) is 6.07 Å². The quantitative estimate of drug-likeness (QED) is 0.586. The predicted molar refractivity (Wildman–Crippen MR) is 86.9 cm³/mol. The molecule has 0 radical (unpaired) electrons. The number of nitrogens with zero attached hydrogens (tertiary/aromatic N) is 2. The monoisotopic (exact) mass is 334 g/mol. The molecule has 1 N–H and O–H groups in total. The van der Waals surface area contributed by atoms with Gasteiger partial charge in [-0.3, -0.25) is 4.55 Å². The van der Waals surface area contributed by atoms with Crippen molar-refractivity contribution >= 4 is 32.9 Å². The molecule has 0 saturated heterocycles. The maximum Gasteiger partial charge on any atom is 0.294 e. The lowest BCUT2D eigenvalue weighted by Gasteiger charge is -2.08. The van der Waals surface area contributed by atoms with Crippen LogP contribution in [0.15, 0.2) is 58.6 Å². The standard InChI is InChI=1S/C15H14N2O3S2/c1-21-15-16-13-9-12(22(18,19)20)7-8-14(13)17(15)10-11-5-3-2-4-6-11/h2-9H,10H2,1H3,(H,18,19,20). The predicted octanol–water partition coefficient (Wildman–Crippen LogP) is 3.05. The molecule has 114 valence electrons. The zero-order valence-electron chi connectivity index (χ0n) is 11.8. The molecule has 0 fully saturated rings. The van der Waals surface area contributed by atoms with Crippen LogP contribution >= 0.6 is 11.8 Å². The molecular formula is C15H14N2O3S2. The maximum atomic E-state index is 11.2. The summed E-state index contributed by atoms with van der Waals surface area (Å²) < 4.78 is 33.7. The smallest absolute Gasteiger partial charge is 0.294 e. The summed E-state index contributed by atoms with van der Waals surface area (Å²) in [5.41, 5.74) is 2.52. The molecule has 0 bridgehead atoms. The Morgan fingerprint density at radius 3 is 2.55 bits per heavy atom. The van der Waals surface area contributed by atoms with Gasteiger partial charge in [-0.05, 0) is 30.0 Å². The van der Waals surface area contributed by atoms with E-state index in [9.17, 15) is 8.42 Å². The highest BCUT2D eigenvalue weighted by atomic mass is 32.2. The fraction of sp³-hybridized carbons (Fsp3) is 0.133. The summed E-state index contributed by atoms with van der Waals surface area (Å²) in [5.74, 6) is 0. The van der Waals surface area contributed by atoms with Crippen LogP contribution in [0.1, 0.15) is 5.56 Å². The number of aromatic nitrogens is 2. The van der Waals surface area contributed by atoms with Gasteiger partial charge in [-0.25, -0.2) is 4.98 Å². The third kappa shape index (κ3) is 2.87. The molecule has 0 aliphatic rings. The molecule has 0 unspecified atom stereocenters. The molecule has 22 heavy (non-hydrogen) atoms. The van der Waals surface area contributed by atoms with E-state index in [0.717, 1.165) is 16.2 Å². The van der Waals surface area contributed by atoms with Crippen molar-refractivity contribution < 1.29 is 13.0 Å². The Hall–Kier alpha value is -1.83. The van der Waals surface area contributed by atoms with Gasteiger partial charge in [0.15, 0.2) is 5.16 Å². The highest BCUT2D eigenvalue weighted by Gasteiger charge is 2.15. The third-order valence-corrected chi connectivity index (χ3v) is 4.88. The molecule has 1 heterocycles.